The fourth-order valence-electron chi connectivity index (χ4n) is 8.08. The highest BCUT2D eigenvalue weighted by molar-refractivity contribution is 5.91. The number of rotatable bonds is 8. The molecule has 51 heavy (non-hydrogen) atoms. The van der Waals surface area contributed by atoms with Gasteiger partial charge in [0.1, 0.15) is 11.5 Å². The van der Waals surface area contributed by atoms with E-state index >= 15 is 0 Å². The number of para-hydroxylation sites is 6. The van der Waals surface area contributed by atoms with Crippen LogP contribution in [0, 0.1) is 0 Å². The molecule has 5 heteroatoms. The van der Waals surface area contributed by atoms with Crippen molar-refractivity contribution in [2.24, 2.45) is 0 Å². The number of hydrogen-bond acceptors (Lipinski definition) is 1. The maximum atomic E-state index is 7.20. The summed E-state index contributed by atoms with van der Waals surface area (Å²) < 4.78 is 7.20. The molecule has 0 aliphatic heterocycles. The van der Waals surface area contributed by atoms with Gasteiger partial charge in [-0.1, -0.05) is 109 Å². The number of H-pyrrole nitrogens is 4. The molecular formula is C46H34N4O. The van der Waals surface area contributed by atoms with Crippen molar-refractivity contribution in [1.82, 2.24) is 19.9 Å². The molecular weight excluding hydrogens is 625 g/mol. The van der Waals surface area contributed by atoms with Crippen LogP contribution in [0.5, 0.6) is 11.5 Å². The highest BCUT2D eigenvalue weighted by Gasteiger charge is 2.29. The lowest BCUT2D eigenvalue weighted by Crippen LogP contribution is -2.07. The number of hydrogen-bond donors (Lipinski definition) is 4. The van der Waals surface area contributed by atoms with Crippen LogP contribution in [0.4, 0.5) is 0 Å². The van der Waals surface area contributed by atoms with E-state index in [4.69, 9.17) is 4.74 Å². The maximum absolute atomic E-state index is 7.20. The lowest BCUT2D eigenvalue weighted by molar-refractivity contribution is 0.468. The van der Waals surface area contributed by atoms with Gasteiger partial charge in [0.05, 0.1) is 0 Å². The summed E-state index contributed by atoms with van der Waals surface area (Å²) in [4.78, 5) is 14.2. The number of nitrogens with one attached hydrogen (secondary N) is 4. The molecule has 6 aromatic carbocycles. The summed E-state index contributed by atoms with van der Waals surface area (Å²) in [6, 6.07) is 51.1. The van der Waals surface area contributed by atoms with Crippen molar-refractivity contribution < 1.29 is 4.74 Å². The Kier molecular flexibility index (Phi) is 6.88. The molecule has 0 aliphatic rings. The summed E-state index contributed by atoms with van der Waals surface area (Å²) >= 11 is 0. The SMILES string of the molecule is c1ccc(C(c2c[nH]c3ccccc23)c2c[nH]c3ccccc23)c(Oc2ccccc2C(c2c[nH]c3ccccc23)c2c[nH]c3ccccc23)c1. The maximum Gasteiger partial charge on any atom is 0.131 e. The molecule has 10 aromatic rings. The van der Waals surface area contributed by atoms with Crippen LogP contribution in [0.15, 0.2) is 170 Å². The molecule has 244 valence electrons. The van der Waals surface area contributed by atoms with Gasteiger partial charge < -0.3 is 24.7 Å². The molecule has 0 atom stereocenters. The predicted molar refractivity (Wildman–Crippen MR) is 208 cm³/mol. The standard InChI is InChI=1S/C46H34N4O/c1-7-19-39-29(13-1)35(25-47-39)45(36-26-48-40-20-8-2-14-30(36)40)33-17-5-11-23-43(33)51-44-24-12-6-18-34(44)46(37-27-49-41-21-9-3-15-31(37)41)38-28-50-42-22-10-4-16-32(38)42/h1-28,45-50H. The Morgan fingerprint density at radius 2 is 0.569 bits per heavy atom. The molecule has 0 unspecified atom stereocenters. The molecule has 5 nitrogen and oxygen atoms in total. The van der Waals surface area contributed by atoms with Crippen LogP contribution in [-0.2, 0) is 0 Å². The molecule has 10 rings (SSSR count). The number of fused-ring (bicyclic) bond motifs is 4. The van der Waals surface area contributed by atoms with Gasteiger partial charge in [-0.25, -0.2) is 0 Å². The average Bonchev–Trinajstić information content (AvgIpc) is 4.00. The van der Waals surface area contributed by atoms with Crippen molar-refractivity contribution in [1.29, 1.82) is 0 Å². The topological polar surface area (TPSA) is 72.4 Å². The van der Waals surface area contributed by atoms with Crippen molar-refractivity contribution in [3.05, 3.63) is 204 Å². The van der Waals surface area contributed by atoms with Crippen LogP contribution < -0.4 is 4.74 Å². The number of benzene rings is 6. The van der Waals surface area contributed by atoms with E-state index in [2.05, 4.69) is 190 Å². The minimum absolute atomic E-state index is 0.0984. The third-order valence-corrected chi connectivity index (χ3v) is 10.4. The van der Waals surface area contributed by atoms with Crippen molar-refractivity contribution in [2.75, 3.05) is 0 Å². The van der Waals surface area contributed by atoms with Gasteiger partial charge in [0.25, 0.3) is 0 Å². The zero-order valence-corrected chi connectivity index (χ0v) is 27.7. The molecule has 0 fully saturated rings. The Bertz CT molecular complexity index is 2490. The molecule has 0 spiro atoms. The lowest BCUT2D eigenvalue weighted by atomic mass is 9.83. The third-order valence-electron chi connectivity index (χ3n) is 10.4. The van der Waals surface area contributed by atoms with Gasteiger partial charge in [-0.05, 0) is 58.7 Å². The van der Waals surface area contributed by atoms with Crippen molar-refractivity contribution in [3.8, 4) is 11.5 Å². The van der Waals surface area contributed by atoms with E-state index < -0.39 is 0 Å². The molecule has 0 aliphatic carbocycles. The van der Waals surface area contributed by atoms with Gasteiger partial charge in [-0.3, -0.25) is 0 Å². The largest absolute Gasteiger partial charge is 0.457 e. The summed E-state index contributed by atoms with van der Waals surface area (Å²) in [5.74, 6) is 1.45. The molecule has 0 saturated heterocycles. The quantitative estimate of drug-likeness (QED) is 0.129. The van der Waals surface area contributed by atoms with Crippen molar-refractivity contribution >= 4 is 43.6 Å². The van der Waals surface area contributed by atoms with E-state index in [0.29, 0.717) is 0 Å². The van der Waals surface area contributed by atoms with Crippen molar-refractivity contribution in [3.63, 3.8) is 0 Å². The van der Waals surface area contributed by atoms with Gasteiger partial charge in [-0.15, -0.1) is 0 Å². The summed E-state index contributed by atoms with van der Waals surface area (Å²) in [5.41, 5.74) is 11.5. The van der Waals surface area contributed by atoms with E-state index in [1.807, 2.05) is 0 Å². The van der Waals surface area contributed by atoms with E-state index in [0.717, 1.165) is 44.7 Å². The minimum atomic E-state index is -0.0984. The summed E-state index contributed by atoms with van der Waals surface area (Å²) in [7, 11) is 0. The van der Waals surface area contributed by atoms with E-state index in [-0.39, 0.29) is 11.8 Å². The van der Waals surface area contributed by atoms with Crippen molar-refractivity contribution in [2.45, 2.75) is 11.8 Å². The molecule has 0 bridgehead atoms. The normalized spacial score (nSPS) is 11.9. The summed E-state index contributed by atoms with van der Waals surface area (Å²) in [6.07, 6.45) is 8.63. The Labute approximate surface area is 294 Å². The second kappa shape index (κ2) is 12.0. The summed E-state index contributed by atoms with van der Waals surface area (Å²) in [6.45, 7) is 0. The fourth-order valence-corrected chi connectivity index (χ4v) is 8.08. The monoisotopic (exact) mass is 658 g/mol. The molecule has 0 amide bonds. The molecule has 4 heterocycles. The van der Waals surface area contributed by atoms with Crippen LogP contribution in [0.1, 0.15) is 45.2 Å². The van der Waals surface area contributed by atoms with E-state index in [1.165, 1.54) is 43.8 Å². The first-order valence-corrected chi connectivity index (χ1v) is 17.4. The van der Waals surface area contributed by atoms with Crippen LogP contribution >= 0.6 is 0 Å². The van der Waals surface area contributed by atoms with Crippen LogP contribution in [0.25, 0.3) is 43.6 Å². The van der Waals surface area contributed by atoms with Crippen LogP contribution in [0.3, 0.4) is 0 Å². The Balaban J connectivity index is 1.16. The zero-order chi connectivity index (χ0) is 33.7. The lowest BCUT2D eigenvalue weighted by Gasteiger charge is -2.24. The Morgan fingerprint density at radius 3 is 0.902 bits per heavy atom. The zero-order valence-electron chi connectivity index (χ0n) is 27.7. The molecule has 4 aromatic heterocycles. The van der Waals surface area contributed by atoms with Gasteiger partial charge >= 0.3 is 0 Å². The molecule has 4 N–H and O–H groups in total. The third kappa shape index (κ3) is 4.85. The second-order valence-corrected chi connectivity index (χ2v) is 13.2. The highest BCUT2D eigenvalue weighted by Crippen LogP contribution is 2.47. The first-order valence-electron chi connectivity index (χ1n) is 17.4. The number of ether oxygens (including phenoxy) is 1. The van der Waals surface area contributed by atoms with Crippen LogP contribution in [-0.4, -0.2) is 19.9 Å². The number of aromatic amines is 4. The first-order chi connectivity index (χ1) is 25.3. The molecule has 0 saturated carbocycles. The Morgan fingerprint density at radius 1 is 0.294 bits per heavy atom. The molecule has 0 radical (unpaired) electrons. The predicted octanol–water partition coefficient (Wildman–Crippen LogP) is 11.8. The summed E-state index contributed by atoms with van der Waals surface area (Å²) in [5, 5.41) is 4.78. The average molecular weight is 659 g/mol. The van der Waals surface area contributed by atoms with Gasteiger partial charge in [0.15, 0.2) is 0 Å². The first kappa shape index (κ1) is 29.2. The van der Waals surface area contributed by atoms with E-state index in [1.54, 1.807) is 0 Å². The van der Waals surface area contributed by atoms with Crippen LogP contribution in [0.2, 0.25) is 0 Å². The number of aromatic nitrogens is 4. The second-order valence-electron chi connectivity index (χ2n) is 13.2. The Hall–Kier alpha value is -6.72. The highest BCUT2D eigenvalue weighted by atomic mass is 16.5. The van der Waals surface area contributed by atoms with E-state index in [9.17, 15) is 0 Å². The van der Waals surface area contributed by atoms with Gasteiger partial charge in [-0.2, -0.15) is 0 Å². The van der Waals surface area contributed by atoms with Gasteiger partial charge in [0.2, 0.25) is 0 Å². The van der Waals surface area contributed by atoms with Gasteiger partial charge in [0, 0.05) is 91.4 Å². The fraction of sp³-hybridized carbons (Fsp3) is 0.0435. The smallest absolute Gasteiger partial charge is 0.131 e. The minimum Gasteiger partial charge on any atom is -0.457 e.